The summed E-state index contributed by atoms with van der Waals surface area (Å²) in [5.74, 6) is 1.22. The summed E-state index contributed by atoms with van der Waals surface area (Å²) < 4.78 is 10.8. The number of aromatic nitrogens is 2. The third kappa shape index (κ3) is 1.89. The third-order valence-electron chi connectivity index (χ3n) is 2.79. The molecule has 3 aromatic rings. The molecule has 5 nitrogen and oxygen atoms in total. The van der Waals surface area contributed by atoms with E-state index in [9.17, 15) is 0 Å². The lowest BCUT2D eigenvalue weighted by atomic mass is 10.1. The summed E-state index contributed by atoms with van der Waals surface area (Å²) in [6, 6.07) is 7.40. The van der Waals surface area contributed by atoms with Gasteiger partial charge in [-0.2, -0.15) is 5.26 Å². The van der Waals surface area contributed by atoms with E-state index in [0.29, 0.717) is 28.2 Å². The van der Waals surface area contributed by atoms with Crippen molar-refractivity contribution in [3.8, 4) is 23.1 Å². The minimum atomic E-state index is 0.466. The molecule has 0 saturated heterocycles. The van der Waals surface area contributed by atoms with E-state index >= 15 is 0 Å². The van der Waals surface area contributed by atoms with Crippen LogP contribution in [0.2, 0.25) is 0 Å². The van der Waals surface area contributed by atoms with Crippen LogP contribution in [0.5, 0.6) is 5.75 Å². The van der Waals surface area contributed by atoms with Crippen LogP contribution in [0.25, 0.3) is 22.4 Å². The Morgan fingerprint density at radius 2 is 2.21 bits per heavy atom. The second kappa shape index (κ2) is 4.42. The molecule has 3 heterocycles. The van der Waals surface area contributed by atoms with E-state index in [0.717, 1.165) is 5.52 Å². The Morgan fingerprint density at radius 3 is 3.00 bits per heavy atom. The van der Waals surface area contributed by atoms with Crippen molar-refractivity contribution in [2.45, 2.75) is 0 Å². The molecule has 0 aliphatic heterocycles. The van der Waals surface area contributed by atoms with Crippen molar-refractivity contribution in [2.24, 2.45) is 0 Å². The zero-order chi connectivity index (χ0) is 13.2. The summed E-state index contributed by atoms with van der Waals surface area (Å²) in [4.78, 5) is 8.16. The molecule has 0 atom stereocenters. The molecule has 0 amide bonds. The minimum Gasteiger partial charge on any atom is -0.495 e. The molecule has 3 rings (SSSR count). The Morgan fingerprint density at radius 1 is 1.32 bits per heavy atom. The molecule has 0 fully saturated rings. The van der Waals surface area contributed by atoms with Gasteiger partial charge in [0.25, 0.3) is 0 Å². The first kappa shape index (κ1) is 11.2. The molecule has 0 N–H and O–H groups in total. The fourth-order valence-electron chi connectivity index (χ4n) is 1.84. The number of nitrogens with zero attached hydrogens (tertiary/aromatic N) is 3. The van der Waals surface area contributed by atoms with Gasteiger partial charge >= 0.3 is 0 Å². The van der Waals surface area contributed by atoms with Gasteiger partial charge in [-0.05, 0) is 6.07 Å². The van der Waals surface area contributed by atoms with Crippen LogP contribution >= 0.6 is 0 Å². The van der Waals surface area contributed by atoms with Crippen LogP contribution in [0.1, 0.15) is 5.56 Å². The minimum absolute atomic E-state index is 0.466. The van der Waals surface area contributed by atoms with Gasteiger partial charge in [0.1, 0.15) is 23.1 Å². The summed E-state index contributed by atoms with van der Waals surface area (Å²) in [6.07, 6.45) is 4.76. The number of hydrogen-bond donors (Lipinski definition) is 0. The first-order valence-corrected chi connectivity index (χ1v) is 5.60. The standard InChI is InChI=1S/C14H9N3O2/c1-18-10-4-14-12(17-8-10)5-13(19-14)11-2-3-16-7-9(11)6-15/h2-5,7-8H,1H3. The molecule has 0 radical (unpaired) electrons. The van der Waals surface area contributed by atoms with Crippen LogP contribution in [-0.4, -0.2) is 17.1 Å². The molecule has 0 saturated carbocycles. The fourth-order valence-corrected chi connectivity index (χ4v) is 1.84. The predicted octanol–water partition coefficient (Wildman–Crippen LogP) is 2.77. The van der Waals surface area contributed by atoms with Crippen LogP contribution < -0.4 is 4.74 Å². The first-order chi connectivity index (χ1) is 9.31. The van der Waals surface area contributed by atoms with Gasteiger partial charge in [0.2, 0.25) is 0 Å². The Hall–Kier alpha value is -2.87. The maximum Gasteiger partial charge on any atom is 0.156 e. The topological polar surface area (TPSA) is 71.9 Å². The Bertz CT molecular complexity index is 787. The van der Waals surface area contributed by atoms with E-state index in [4.69, 9.17) is 14.4 Å². The SMILES string of the molecule is COc1cnc2cc(-c3ccncc3C#N)oc2c1. The van der Waals surface area contributed by atoms with Gasteiger partial charge in [0, 0.05) is 30.1 Å². The monoisotopic (exact) mass is 251 g/mol. The molecule has 0 aliphatic rings. The fraction of sp³-hybridized carbons (Fsp3) is 0.0714. The Labute approximate surface area is 109 Å². The van der Waals surface area contributed by atoms with E-state index in [-0.39, 0.29) is 0 Å². The summed E-state index contributed by atoms with van der Waals surface area (Å²) in [6.45, 7) is 0. The normalized spacial score (nSPS) is 10.3. The number of pyridine rings is 2. The van der Waals surface area contributed by atoms with Gasteiger partial charge in [0.05, 0.1) is 18.9 Å². The largest absolute Gasteiger partial charge is 0.495 e. The van der Waals surface area contributed by atoms with Crippen molar-refractivity contribution in [3.63, 3.8) is 0 Å². The van der Waals surface area contributed by atoms with Crippen molar-refractivity contribution in [1.82, 2.24) is 9.97 Å². The Balaban J connectivity index is 2.18. The highest BCUT2D eigenvalue weighted by atomic mass is 16.5. The lowest BCUT2D eigenvalue weighted by Gasteiger charge is -1.98. The van der Waals surface area contributed by atoms with Crippen LogP contribution in [0.15, 0.2) is 41.2 Å². The average molecular weight is 251 g/mol. The molecule has 0 spiro atoms. The second-order valence-electron chi connectivity index (χ2n) is 3.90. The molecular weight excluding hydrogens is 242 g/mol. The molecular formula is C14H9N3O2. The molecule has 0 aromatic carbocycles. The summed E-state index contributed by atoms with van der Waals surface area (Å²) in [5.41, 5.74) is 2.51. The molecule has 3 aromatic heterocycles. The van der Waals surface area contributed by atoms with Gasteiger partial charge in [0.15, 0.2) is 5.58 Å². The maximum absolute atomic E-state index is 9.07. The van der Waals surface area contributed by atoms with Crippen molar-refractivity contribution in [1.29, 1.82) is 5.26 Å². The molecule has 0 aliphatic carbocycles. The number of furan rings is 1. The zero-order valence-electron chi connectivity index (χ0n) is 10.1. The smallest absolute Gasteiger partial charge is 0.156 e. The van der Waals surface area contributed by atoms with E-state index in [1.165, 1.54) is 6.20 Å². The highest BCUT2D eigenvalue weighted by molar-refractivity contribution is 5.81. The van der Waals surface area contributed by atoms with Gasteiger partial charge < -0.3 is 9.15 Å². The zero-order valence-corrected chi connectivity index (χ0v) is 10.1. The number of rotatable bonds is 2. The summed E-state index contributed by atoms with van der Waals surface area (Å²) >= 11 is 0. The summed E-state index contributed by atoms with van der Waals surface area (Å²) in [5, 5.41) is 9.07. The van der Waals surface area contributed by atoms with Crippen molar-refractivity contribution in [3.05, 3.63) is 42.4 Å². The number of fused-ring (bicyclic) bond motifs is 1. The van der Waals surface area contributed by atoms with Crippen molar-refractivity contribution < 1.29 is 9.15 Å². The molecule has 92 valence electrons. The van der Waals surface area contributed by atoms with Gasteiger partial charge in [-0.3, -0.25) is 4.98 Å². The number of nitriles is 1. The van der Waals surface area contributed by atoms with Crippen molar-refractivity contribution in [2.75, 3.05) is 7.11 Å². The van der Waals surface area contributed by atoms with E-state index < -0.39 is 0 Å². The highest BCUT2D eigenvalue weighted by Gasteiger charge is 2.11. The number of hydrogen-bond acceptors (Lipinski definition) is 5. The van der Waals surface area contributed by atoms with Gasteiger partial charge in [-0.15, -0.1) is 0 Å². The number of methoxy groups -OCH3 is 1. The maximum atomic E-state index is 9.07. The lowest BCUT2D eigenvalue weighted by Crippen LogP contribution is -1.83. The Kier molecular flexibility index (Phi) is 2.62. The molecule has 5 heteroatoms. The van der Waals surface area contributed by atoms with E-state index in [2.05, 4.69) is 16.0 Å². The number of ether oxygens (including phenoxy) is 1. The van der Waals surface area contributed by atoms with E-state index in [1.54, 1.807) is 37.7 Å². The van der Waals surface area contributed by atoms with Crippen LogP contribution in [0, 0.1) is 11.3 Å². The molecule has 0 unspecified atom stereocenters. The van der Waals surface area contributed by atoms with E-state index in [1.807, 2.05) is 0 Å². The quantitative estimate of drug-likeness (QED) is 0.700. The highest BCUT2D eigenvalue weighted by Crippen LogP contribution is 2.30. The molecule has 19 heavy (non-hydrogen) atoms. The first-order valence-electron chi connectivity index (χ1n) is 5.60. The lowest BCUT2D eigenvalue weighted by molar-refractivity contribution is 0.413. The van der Waals surface area contributed by atoms with Gasteiger partial charge in [-0.1, -0.05) is 0 Å². The van der Waals surface area contributed by atoms with Gasteiger partial charge in [-0.25, -0.2) is 4.98 Å². The third-order valence-corrected chi connectivity index (χ3v) is 2.79. The second-order valence-corrected chi connectivity index (χ2v) is 3.90. The summed E-state index contributed by atoms with van der Waals surface area (Å²) in [7, 11) is 1.57. The average Bonchev–Trinajstić information content (AvgIpc) is 2.89. The van der Waals surface area contributed by atoms with Crippen LogP contribution in [0.4, 0.5) is 0 Å². The van der Waals surface area contributed by atoms with Crippen molar-refractivity contribution >= 4 is 11.1 Å². The predicted molar refractivity (Wildman–Crippen MR) is 68.5 cm³/mol. The van der Waals surface area contributed by atoms with Crippen LogP contribution in [-0.2, 0) is 0 Å². The van der Waals surface area contributed by atoms with Crippen LogP contribution in [0.3, 0.4) is 0 Å². The molecule has 0 bridgehead atoms.